The van der Waals surface area contributed by atoms with Crippen LogP contribution in [0.4, 0.5) is 4.79 Å². The molecule has 1 aromatic rings. The molecule has 5 nitrogen and oxygen atoms in total. The molecule has 2 heterocycles. The highest BCUT2D eigenvalue weighted by Crippen LogP contribution is 2.38. The van der Waals surface area contributed by atoms with E-state index in [-0.39, 0.29) is 11.7 Å². The molecule has 0 N–H and O–H groups in total. The van der Waals surface area contributed by atoms with Crippen molar-refractivity contribution in [3.63, 3.8) is 0 Å². The Morgan fingerprint density at radius 2 is 2.04 bits per heavy atom. The molecule has 0 aromatic heterocycles. The minimum absolute atomic E-state index is 0.124. The average molecular weight is 317 g/mol. The van der Waals surface area contributed by atoms with Crippen molar-refractivity contribution in [2.24, 2.45) is 0 Å². The van der Waals surface area contributed by atoms with Crippen molar-refractivity contribution >= 4 is 6.09 Å². The predicted octanol–water partition coefficient (Wildman–Crippen LogP) is 3.11. The van der Waals surface area contributed by atoms with Gasteiger partial charge in [0.1, 0.15) is 6.61 Å². The maximum Gasteiger partial charge on any atom is 0.410 e. The van der Waals surface area contributed by atoms with Crippen molar-refractivity contribution in [3.8, 4) is 0 Å². The lowest BCUT2D eigenvalue weighted by Gasteiger charge is -2.37. The number of nitrogens with zero attached hydrogens (tertiary/aromatic N) is 1. The summed E-state index contributed by atoms with van der Waals surface area (Å²) < 4.78 is 16.4. The first-order valence-corrected chi connectivity index (χ1v) is 8.01. The second-order valence-electron chi connectivity index (χ2n) is 6.19. The fourth-order valence-electron chi connectivity index (χ4n) is 3.23. The second-order valence-corrected chi connectivity index (χ2v) is 6.19. The Morgan fingerprint density at radius 3 is 2.74 bits per heavy atom. The van der Waals surface area contributed by atoms with E-state index in [0.717, 1.165) is 24.8 Å². The summed E-state index contributed by atoms with van der Waals surface area (Å²) in [5.74, 6) is 0. The molecule has 2 saturated heterocycles. The summed E-state index contributed by atoms with van der Waals surface area (Å²) >= 11 is 0. The highest BCUT2D eigenvalue weighted by atomic mass is 16.6. The van der Waals surface area contributed by atoms with E-state index in [1.54, 1.807) is 18.3 Å². The van der Waals surface area contributed by atoms with E-state index in [0.29, 0.717) is 26.3 Å². The molecular weight excluding hydrogens is 294 g/mol. The fourth-order valence-corrected chi connectivity index (χ4v) is 3.23. The molecule has 1 spiro atoms. The van der Waals surface area contributed by atoms with Crippen molar-refractivity contribution in [2.45, 2.75) is 31.5 Å². The number of rotatable bonds is 3. The van der Waals surface area contributed by atoms with E-state index in [4.69, 9.17) is 14.2 Å². The van der Waals surface area contributed by atoms with Gasteiger partial charge in [0.2, 0.25) is 0 Å². The van der Waals surface area contributed by atoms with Crippen LogP contribution in [0, 0.1) is 0 Å². The molecule has 0 bridgehead atoms. The smallest absolute Gasteiger partial charge is 0.410 e. The Labute approximate surface area is 136 Å². The molecule has 5 heteroatoms. The summed E-state index contributed by atoms with van der Waals surface area (Å²) in [7, 11) is 1.66. The molecule has 124 valence electrons. The Hall–Kier alpha value is -2.01. The highest BCUT2D eigenvalue weighted by molar-refractivity contribution is 5.67. The van der Waals surface area contributed by atoms with Crippen LogP contribution in [-0.2, 0) is 20.8 Å². The average Bonchev–Trinajstić information content (AvgIpc) is 2.97. The van der Waals surface area contributed by atoms with Gasteiger partial charge in [-0.2, -0.15) is 0 Å². The van der Waals surface area contributed by atoms with Crippen LogP contribution in [0.25, 0.3) is 0 Å². The first-order chi connectivity index (χ1) is 11.2. The number of benzene rings is 1. The lowest BCUT2D eigenvalue weighted by atomic mass is 9.88. The monoisotopic (exact) mass is 317 g/mol. The Balaban J connectivity index is 1.47. The SMILES string of the molecule is CO/C=C1\COC2(CCN(C(=O)OCc3ccccc3)CC2)C1. The Morgan fingerprint density at radius 1 is 1.30 bits per heavy atom. The molecule has 0 saturated carbocycles. The minimum atomic E-state index is -0.241. The van der Waals surface area contributed by atoms with Crippen molar-refractivity contribution in [1.82, 2.24) is 4.90 Å². The summed E-state index contributed by atoms with van der Waals surface area (Å²) in [5, 5.41) is 0. The van der Waals surface area contributed by atoms with Gasteiger partial charge in [-0.15, -0.1) is 0 Å². The summed E-state index contributed by atoms with van der Waals surface area (Å²) in [5.41, 5.74) is 2.07. The molecule has 1 amide bonds. The number of hydrogen-bond donors (Lipinski definition) is 0. The van der Waals surface area contributed by atoms with Crippen LogP contribution in [0.5, 0.6) is 0 Å². The van der Waals surface area contributed by atoms with Gasteiger partial charge in [0.15, 0.2) is 0 Å². The molecule has 0 atom stereocenters. The number of ether oxygens (including phenoxy) is 3. The van der Waals surface area contributed by atoms with Gasteiger partial charge in [0.25, 0.3) is 0 Å². The van der Waals surface area contributed by atoms with Crippen LogP contribution in [0.15, 0.2) is 42.2 Å². The van der Waals surface area contributed by atoms with E-state index < -0.39 is 0 Å². The van der Waals surface area contributed by atoms with Gasteiger partial charge >= 0.3 is 6.09 Å². The van der Waals surface area contributed by atoms with E-state index in [2.05, 4.69) is 0 Å². The zero-order valence-electron chi connectivity index (χ0n) is 13.5. The number of carbonyl (C=O) groups excluding carboxylic acids is 1. The standard InChI is InChI=1S/C18H23NO4/c1-21-12-16-11-18(23-14-16)7-9-19(10-8-18)17(20)22-13-15-5-3-2-4-6-15/h2-6,12H,7-11,13-14H2,1H3/b16-12-. The third-order valence-corrected chi connectivity index (χ3v) is 4.54. The summed E-state index contributed by atoms with van der Waals surface area (Å²) in [4.78, 5) is 13.9. The van der Waals surface area contributed by atoms with Crippen molar-refractivity contribution in [3.05, 3.63) is 47.7 Å². The van der Waals surface area contributed by atoms with Crippen LogP contribution < -0.4 is 0 Å². The van der Waals surface area contributed by atoms with E-state index >= 15 is 0 Å². The van der Waals surface area contributed by atoms with Crippen LogP contribution in [-0.4, -0.2) is 43.4 Å². The Kier molecular flexibility index (Phi) is 4.86. The van der Waals surface area contributed by atoms with Gasteiger partial charge in [-0.25, -0.2) is 4.79 Å². The summed E-state index contributed by atoms with van der Waals surface area (Å²) in [6.45, 7) is 2.30. The van der Waals surface area contributed by atoms with Gasteiger partial charge in [-0.1, -0.05) is 30.3 Å². The molecule has 2 aliphatic rings. The second kappa shape index (κ2) is 7.04. The molecule has 0 aliphatic carbocycles. The van der Waals surface area contributed by atoms with Gasteiger partial charge in [0.05, 0.1) is 25.6 Å². The molecule has 0 unspecified atom stereocenters. The van der Waals surface area contributed by atoms with Gasteiger partial charge < -0.3 is 19.1 Å². The minimum Gasteiger partial charge on any atom is -0.504 e. The van der Waals surface area contributed by atoms with Crippen LogP contribution >= 0.6 is 0 Å². The molecule has 3 rings (SSSR count). The third kappa shape index (κ3) is 3.85. The van der Waals surface area contributed by atoms with Gasteiger partial charge in [-0.05, 0) is 24.0 Å². The zero-order chi connectivity index (χ0) is 16.1. The number of hydrogen-bond acceptors (Lipinski definition) is 4. The lowest BCUT2D eigenvalue weighted by molar-refractivity contribution is -0.0418. The van der Waals surface area contributed by atoms with Crippen LogP contribution in [0.3, 0.4) is 0 Å². The van der Waals surface area contributed by atoms with Gasteiger partial charge in [0, 0.05) is 19.5 Å². The molecule has 0 radical (unpaired) electrons. The zero-order valence-corrected chi connectivity index (χ0v) is 13.5. The number of likely N-dealkylation sites (tertiary alicyclic amines) is 1. The summed E-state index contributed by atoms with van der Waals surface area (Å²) in [6, 6.07) is 9.74. The molecule has 1 aromatic carbocycles. The number of carbonyl (C=O) groups is 1. The van der Waals surface area contributed by atoms with Crippen molar-refractivity contribution < 1.29 is 19.0 Å². The predicted molar refractivity (Wildman–Crippen MR) is 85.8 cm³/mol. The Bertz CT molecular complexity index is 562. The fraction of sp³-hybridized carbons (Fsp3) is 0.500. The van der Waals surface area contributed by atoms with Gasteiger partial charge in [-0.3, -0.25) is 0 Å². The maximum absolute atomic E-state index is 12.2. The summed E-state index contributed by atoms with van der Waals surface area (Å²) in [6.07, 6.45) is 4.11. The van der Waals surface area contributed by atoms with Crippen LogP contribution in [0.1, 0.15) is 24.8 Å². The molecule has 2 fully saturated rings. The van der Waals surface area contributed by atoms with E-state index in [1.165, 1.54) is 5.57 Å². The van der Waals surface area contributed by atoms with E-state index in [9.17, 15) is 4.79 Å². The highest BCUT2D eigenvalue weighted by Gasteiger charge is 2.41. The first-order valence-electron chi connectivity index (χ1n) is 8.01. The van der Waals surface area contributed by atoms with Crippen molar-refractivity contribution in [2.75, 3.05) is 26.8 Å². The van der Waals surface area contributed by atoms with E-state index in [1.807, 2.05) is 30.3 Å². The molecule has 23 heavy (non-hydrogen) atoms. The molecule has 2 aliphatic heterocycles. The lowest BCUT2D eigenvalue weighted by Crippen LogP contribution is -2.46. The number of methoxy groups -OCH3 is 1. The normalized spacial score (nSPS) is 21.6. The number of amides is 1. The topological polar surface area (TPSA) is 48.0 Å². The third-order valence-electron chi connectivity index (χ3n) is 4.54. The first kappa shape index (κ1) is 15.9. The number of piperidine rings is 1. The van der Waals surface area contributed by atoms with Crippen LogP contribution in [0.2, 0.25) is 0 Å². The largest absolute Gasteiger partial charge is 0.504 e. The quantitative estimate of drug-likeness (QED) is 0.804. The maximum atomic E-state index is 12.2. The molecular formula is C18H23NO4. The van der Waals surface area contributed by atoms with Crippen molar-refractivity contribution in [1.29, 1.82) is 0 Å².